The van der Waals surface area contributed by atoms with Crippen LogP contribution in [0.1, 0.15) is 33.3 Å². The second-order valence-corrected chi connectivity index (χ2v) is 8.01. The number of carbonyl (C=O) groups excluding carboxylic acids is 1. The average molecular weight is 357 g/mol. The predicted octanol–water partition coefficient (Wildman–Crippen LogP) is 3.36. The van der Waals surface area contributed by atoms with Gasteiger partial charge in [0.05, 0.1) is 25.6 Å². The summed E-state index contributed by atoms with van der Waals surface area (Å²) in [4.78, 5) is 12.0. The van der Waals surface area contributed by atoms with Crippen molar-refractivity contribution in [2.45, 2.75) is 52.4 Å². The second-order valence-electron chi connectivity index (χ2n) is 6.05. The fraction of sp³-hybridized carbons (Fsp3) is 0.588. The Morgan fingerprint density at radius 1 is 1.08 bits per heavy atom. The van der Waals surface area contributed by atoms with Gasteiger partial charge in [0.1, 0.15) is 6.04 Å². The van der Waals surface area contributed by atoms with Gasteiger partial charge in [0.15, 0.2) is 0 Å². The highest BCUT2D eigenvalue weighted by Gasteiger charge is 2.30. The molecule has 1 rings (SSSR count). The Labute approximate surface area is 144 Å². The van der Waals surface area contributed by atoms with Crippen molar-refractivity contribution in [2.24, 2.45) is 0 Å². The molecule has 6 nitrogen and oxygen atoms in total. The zero-order valence-electron chi connectivity index (χ0n) is 15.0. The molecule has 0 amide bonds. The van der Waals surface area contributed by atoms with Crippen LogP contribution in [0.3, 0.4) is 0 Å². The molecule has 0 saturated carbocycles. The Balaban J connectivity index is 2.80. The van der Waals surface area contributed by atoms with Crippen LogP contribution in [0.25, 0.3) is 0 Å². The summed E-state index contributed by atoms with van der Waals surface area (Å²) >= 11 is 0. The zero-order valence-corrected chi connectivity index (χ0v) is 15.9. The van der Waals surface area contributed by atoms with Crippen LogP contribution in [0.5, 0.6) is 0 Å². The van der Waals surface area contributed by atoms with Crippen LogP contribution in [-0.2, 0) is 29.6 Å². The lowest BCUT2D eigenvalue weighted by Crippen LogP contribution is -2.40. The average Bonchev–Trinajstić information content (AvgIpc) is 2.50. The van der Waals surface area contributed by atoms with Crippen molar-refractivity contribution in [2.75, 3.05) is 13.4 Å². The third-order valence-electron chi connectivity index (χ3n) is 3.04. The fourth-order valence-electron chi connectivity index (χ4n) is 2.19. The second kappa shape index (κ2) is 9.94. The molecule has 0 aromatic heterocycles. The normalized spacial score (nSPS) is 13.3. The molecule has 0 aliphatic rings. The van der Waals surface area contributed by atoms with Gasteiger partial charge in [-0.1, -0.05) is 30.3 Å². The van der Waals surface area contributed by atoms with E-state index in [-0.39, 0.29) is 18.5 Å². The van der Waals surface area contributed by atoms with Gasteiger partial charge in [0, 0.05) is 0 Å². The Morgan fingerprint density at radius 2 is 1.62 bits per heavy atom. The molecule has 0 heterocycles. The van der Waals surface area contributed by atoms with Gasteiger partial charge in [-0.2, -0.15) is 0 Å². The van der Waals surface area contributed by atoms with Crippen molar-refractivity contribution in [3.63, 3.8) is 0 Å². The minimum Gasteiger partial charge on any atom is -0.468 e. The number of ether oxygens (including phenoxy) is 1. The molecule has 0 aliphatic carbocycles. The molecule has 24 heavy (non-hydrogen) atoms. The Morgan fingerprint density at radius 3 is 2.08 bits per heavy atom. The summed E-state index contributed by atoms with van der Waals surface area (Å²) < 4.78 is 28.6. The van der Waals surface area contributed by atoms with E-state index in [1.807, 2.05) is 30.3 Å². The monoisotopic (exact) mass is 357 g/mol. The molecule has 136 valence electrons. The number of hydrogen-bond donors (Lipinski definition) is 1. The van der Waals surface area contributed by atoms with E-state index in [1.165, 1.54) is 7.11 Å². The minimum atomic E-state index is -3.36. The van der Waals surface area contributed by atoms with Crippen LogP contribution in [0, 0.1) is 0 Å². The molecule has 0 fully saturated rings. The quantitative estimate of drug-likeness (QED) is 0.511. The van der Waals surface area contributed by atoms with Crippen molar-refractivity contribution in [3.8, 4) is 0 Å². The Bertz CT molecular complexity index is 533. The summed E-state index contributed by atoms with van der Waals surface area (Å²) in [6.45, 7) is 7.16. The highest BCUT2D eigenvalue weighted by molar-refractivity contribution is 7.53. The van der Waals surface area contributed by atoms with Crippen LogP contribution in [0.2, 0.25) is 0 Å². The largest absolute Gasteiger partial charge is 0.468 e. The summed E-state index contributed by atoms with van der Waals surface area (Å²) in [7, 11) is -2.03. The summed E-state index contributed by atoms with van der Waals surface area (Å²) in [5.41, 5.74) is 0.977. The lowest BCUT2D eigenvalue weighted by Gasteiger charge is -2.25. The first kappa shape index (κ1) is 20.8. The first-order valence-electron chi connectivity index (χ1n) is 8.06. The molecule has 1 N–H and O–H groups in total. The maximum Gasteiger partial charge on any atom is 0.344 e. The summed E-state index contributed by atoms with van der Waals surface area (Å²) in [6.07, 6.45) is -0.128. The number of benzene rings is 1. The van der Waals surface area contributed by atoms with Gasteiger partial charge in [-0.05, 0) is 39.7 Å². The van der Waals surface area contributed by atoms with Crippen LogP contribution in [0.4, 0.5) is 0 Å². The first-order chi connectivity index (χ1) is 11.3. The molecular weight excluding hydrogens is 329 g/mol. The standard InChI is InChI=1S/C17H28NO5P/c1-13(2)22-24(20,23-14(3)4)12-18-16(17(19)21-5)11-15-9-7-6-8-10-15/h6-10,13-14,16,18H,11-12H2,1-5H3/t16-/m0/s1. The maximum atomic E-state index is 12.8. The number of carbonyl (C=O) groups is 1. The molecule has 1 aromatic carbocycles. The highest BCUT2D eigenvalue weighted by atomic mass is 31.2. The van der Waals surface area contributed by atoms with Crippen molar-refractivity contribution in [1.82, 2.24) is 5.32 Å². The smallest absolute Gasteiger partial charge is 0.344 e. The highest BCUT2D eigenvalue weighted by Crippen LogP contribution is 2.49. The number of esters is 1. The third-order valence-corrected chi connectivity index (χ3v) is 5.10. The summed E-state index contributed by atoms with van der Waals surface area (Å²) in [6, 6.07) is 8.93. The van der Waals surface area contributed by atoms with Crippen molar-refractivity contribution in [1.29, 1.82) is 0 Å². The van der Waals surface area contributed by atoms with Crippen LogP contribution >= 0.6 is 7.60 Å². The molecule has 0 bridgehead atoms. The molecule has 0 unspecified atom stereocenters. The van der Waals surface area contributed by atoms with E-state index in [0.717, 1.165) is 5.56 Å². The van der Waals surface area contributed by atoms with Gasteiger partial charge in [-0.3, -0.25) is 14.7 Å². The van der Waals surface area contributed by atoms with E-state index in [0.29, 0.717) is 6.42 Å². The molecule has 0 saturated heterocycles. The van der Waals surface area contributed by atoms with Gasteiger partial charge in [0.2, 0.25) is 0 Å². The third kappa shape index (κ3) is 7.58. The number of nitrogens with one attached hydrogen (secondary N) is 1. The minimum absolute atomic E-state index is 0.0596. The Hall–Kier alpha value is -1.20. The first-order valence-corrected chi connectivity index (χ1v) is 9.79. The van der Waals surface area contributed by atoms with Gasteiger partial charge in [0.25, 0.3) is 0 Å². The molecule has 1 atom stereocenters. The molecule has 0 spiro atoms. The Kier molecular flexibility index (Phi) is 8.63. The number of rotatable bonds is 10. The van der Waals surface area contributed by atoms with Crippen molar-refractivity contribution < 1.29 is 23.1 Å². The molecule has 7 heteroatoms. The van der Waals surface area contributed by atoms with E-state index in [1.54, 1.807) is 27.7 Å². The van der Waals surface area contributed by atoms with Gasteiger partial charge in [-0.15, -0.1) is 0 Å². The fourth-order valence-corrected chi connectivity index (χ4v) is 4.12. The summed E-state index contributed by atoms with van der Waals surface area (Å²) in [5, 5.41) is 2.98. The molecule has 1 aromatic rings. The topological polar surface area (TPSA) is 73.9 Å². The van der Waals surface area contributed by atoms with Gasteiger partial charge >= 0.3 is 13.6 Å². The van der Waals surface area contributed by atoms with Crippen LogP contribution < -0.4 is 5.32 Å². The number of hydrogen-bond acceptors (Lipinski definition) is 6. The van der Waals surface area contributed by atoms with Crippen molar-refractivity contribution in [3.05, 3.63) is 35.9 Å². The van der Waals surface area contributed by atoms with Crippen molar-refractivity contribution >= 4 is 13.6 Å². The maximum absolute atomic E-state index is 12.8. The lowest BCUT2D eigenvalue weighted by molar-refractivity contribution is -0.143. The van der Waals surface area contributed by atoms with Gasteiger partial charge in [-0.25, -0.2) is 0 Å². The zero-order chi connectivity index (χ0) is 18.2. The molecule has 0 radical (unpaired) electrons. The van der Waals surface area contributed by atoms with E-state index in [9.17, 15) is 9.36 Å². The van der Waals surface area contributed by atoms with E-state index >= 15 is 0 Å². The van der Waals surface area contributed by atoms with E-state index in [4.69, 9.17) is 13.8 Å². The lowest BCUT2D eigenvalue weighted by atomic mass is 10.1. The SMILES string of the molecule is COC(=O)[C@H](Cc1ccccc1)NCP(=O)(OC(C)C)OC(C)C. The molecular formula is C17H28NO5P. The summed E-state index contributed by atoms with van der Waals surface area (Å²) in [5.74, 6) is -0.417. The van der Waals surface area contributed by atoms with Gasteiger partial charge < -0.3 is 13.8 Å². The predicted molar refractivity (Wildman–Crippen MR) is 94.0 cm³/mol. The van der Waals surface area contributed by atoms with E-state index < -0.39 is 19.6 Å². The van der Waals surface area contributed by atoms with Crippen LogP contribution in [0.15, 0.2) is 30.3 Å². The van der Waals surface area contributed by atoms with E-state index in [2.05, 4.69) is 5.32 Å². The number of methoxy groups -OCH3 is 1. The molecule has 0 aliphatic heterocycles. The van der Waals surface area contributed by atoms with Crippen LogP contribution in [-0.4, -0.2) is 37.6 Å².